The summed E-state index contributed by atoms with van der Waals surface area (Å²) in [6.07, 6.45) is 10.2. The fourth-order valence-corrected chi connectivity index (χ4v) is 3.52. The van der Waals surface area contributed by atoms with E-state index >= 15 is 0 Å². The highest BCUT2D eigenvalue weighted by atomic mass is 79.9. The summed E-state index contributed by atoms with van der Waals surface area (Å²) in [5, 5.41) is 0. The van der Waals surface area contributed by atoms with Gasteiger partial charge in [0.2, 0.25) is 0 Å². The highest BCUT2D eigenvalue weighted by molar-refractivity contribution is 9.11. The summed E-state index contributed by atoms with van der Waals surface area (Å²) in [5.74, 6) is 5.73. The van der Waals surface area contributed by atoms with Crippen LogP contribution < -0.4 is 11.3 Å². The molecule has 0 saturated heterocycles. The second-order valence-electron chi connectivity index (χ2n) is 4.50. The van der Waals surface area contributed by atoms with Crippen molar-refractivity contribution in [3.8, 4) is 0 Å². The van der Waals surface area contributed by atoms with Crippen LogP contribution in [0.3, 0.4) is 0 Å². The number of aromatic nitrogens is 1. The van der Waals surface area contributed by atoms with E-state index < -0.39 is 0 Å². The van der Waals surface area contributed by atoms with Crippen molar-refractivity contribution in [3.05, 3.63) is 38.6 Å². The molecule has 0 amide bonds. The van der Waals surface area contributed by atoms with Crippen LogP contribution in [0.1, 0.15) is 43.8 Å². The van der Waals surface area contributed by atoms with Crippen LogP contribution in [-0.4, -0.2) is 4.98 Å². The summed E-state index contributed by atoms with van der Waals surface area (Å²) in [5.41, 5.74) is 5.21. The lowest BCUT2D eigenvalue weighted by atomic mass is 9.99. The van der Waals surface area contributed by atoms with Crippen molar-refractivity contribution in [1.82, 2.24) is 10.4 Å². The summed E-state index contributed by atoms with van der Waals surface area (Å²) in [6.45, 7) is 0. The minimum Gasteiger partial charge on any atom is -0.271 e. The molecule has 0 fully saturated rings. The number of nitrogens with zero attached hydrogens (tertiary/aromatic N) is 1. The zero-order valence-corrected chi connectivity index (χ0v) is 13.3. The molecule has 18 heavy (non-hydrogen) atoms. The Kier molecular flexibility index (Phi) is 5.36. The van der Waals surface area contributed by atoms with Crippen molar-refractivity contribution >= 4 is 31.9 Å². The Morgan fingerprint density at radius 3 is 2.83 bits per heavy atom. The molecule has 3 N–H and O–H groups in total. The van der Waals surface area contributed by atoms with Crippen molar-refractivity contribution in [1.29, 1.82) is 0 Å². The van der Waals surface area contributed by atoms with E-state index in [9.17, 15) is 0 Å². The van der Waals surface area contributed by atoms with Crippen LogP contribution in [0.4, 0.5) is 0 Å². The van der Waals surface area contributed by atoms with Crippen LogP contribution in [0.25, 0.3) is 0 Å². The molecule has 1 atom stereocenters. The van der Waals surface area contributed by atoms with Crippen LogP contribution in [-0.2, 0) is 0 Å². The smallest absolute Gasteiger partial charge is 0.0853 e. The lowest BCUT2D eigenvalue weighted by molar-refractivity contribution is 0.578. The van der Waals surface area contributed by atoms with Crippen LogP contribution in [0.2, 0.25) is 0 Å². The first-order chi connectivity index (χ1) is 8.72. The first-order valence-electron chi connectivity index (χ1n) is 6.18. The van der Waals surface area contributed by atoms with Gasteiger partial charge in [0.1, 0.15) is 0 Å². The fourth-order valence-electron chi connectivity index (χ4n) is 2.30. The van der Waals surface area contributed by atoms with Gasteiger partial charge >= 0.3 is 0 Å². The van der Waals surface area contributed by atoms with Gasteiger partial charge in [-0.25, -0.2) is 5.43 Å². The molecule has 1 aliphatic carbocycles. The SMILES string of the molecule is NNC(C1=CCCCCC1)c1ncc(Br)cc1Br. The van der Waals surface area contributed by atoms with E-state index in [-0.39, 0.29) is 6.04 Å². The highest BCUT2D eigenvalue weighted by Crippen LogP contribution is 2.32. The second kappa shape index (κ2) is 6.80. The van der Waals surface area contributed by atoms with E-state index in [0.29, 0.717) is 0 Å². The largest absolute Gasteiger partial charge is 0.271 e. The summed E-state index contributed by atoms with van der Waals surface area (Å²) in [6, 6.07) is 2.01. The molecule has 0 bridgehead atoms. The maximum atomic E-state index is 5.73. The molecule has 5 heteroatoms. The van der Waals surface area contributed by atoms with Gasteiger partial charge in [0.15, 0.2) is 0 Å². The summed E-state index contributed by atoms with van der Waals surface area (Å²) >= 11 is 6.98. The molecule has 3 nitrogen and oxygen atoms in total. The lowest BCUT2D eigenvalue weighted by Gasteiger charge is -2.20. The quantitative estimate of drug-likeness (QED) is 0.477. The van der Waals surface area contributed by atoms with Gasteiger partial charge in [-0.05, 0) is 69.2 Å². The first kappa shape index (κ1) is 14.2. The molecule has 0 aliphatic heterocycles. The maximum absolute atomic E-state index is 5.73. The molecular formula is C13H17Br2N3. The van der Waals surface area contributed by atoms with E-state index in [4.69, 9.17) is 5.84 Å². The van der Waals surface area contributed by atoms with Crippen molar-refractivity contribution in [2.24, 2.45) is 5.84 Å². The molecular weight excluding hydrogens is 358 g/mol. The van der Waals surface area contributed by atoms with Crippen molar-refractivity contribution in [2.75, 3.05) is 0 Å². The van der Waals surface area contributed by atoms with Gasteiger partial charge in [0.25, 0.3) is 0 Å². The first-order valence-corrected chi connectivity index (χ1v) is 7.77. The number of pyridine rings is 1. The van der Waals surface area contributed by atoms with E-state index in [1.807, 2.05) is 12.3 Å². The van der Waals surface area contributed by atoms with Gasteiger partial charge in [-0.1, -0.05) is 12.5 Å². The standard InChI is InChI=1S/C13H17Br2N3/c14-10-7-11(15)13(17-8-10)12(18-16)9-5-3-1-2-4-6-9/h5,7-8,12,18H,1-4,6,16H2. The molecule has 1 heterocycles. The third-order valence-corrected chi connectivity index (χ3v) is 4.29. The van der Waals surface area contributed by atoms with Gasteiger partial charge in [-0.3, -0.25) is 10.8 Å². The Hall–Kier alpha value is -0.230. The second-order valence-corrected chi connectivity index (χ2v) is 6.27. The Bertz CT molecular complexity index is 446. The molecule has 0 radical (unpaired) electrons. The molecule has 1 aromatic rings. The van der Waals surface area contributed by atoms with Crippen molar-refractivity contribution in [3.63, 3.8) is 0 Å². The van der Waals surface area contributed by atoms with Crippen molar-refractivity contribution in [2.45, 2.75) is 38.1 Å². The molecule has 1 unspecified atom stereocenters. The van der Waals surface area contributed by atoms with E-state index in [1.165, 1.54) is 24.8 Å². The third kappa shape index (κ3) is 3.41. The van der Waals surface area contributed by atoms with Crippen LogP contribution in [0.5, 0.6) is 0 Å². The molecule has 0 saturated carbocycles. The number of hydrazine groups is 1. The average molecular weight is 375 g/mol. The number of rotatable bonds is 3. The van der Waals surface area contributed by atoms with Crippen molar-refractivity contribution < 1.29 is 0 Å². The van der Waals surface area contributed by atoms with E-state index in [1.54, 1.807) is 0 Å². The number of hydrogen-bond acceptors (Lipinski definition) is 3. The molecule has 0 spiro atoms. The highest BCUT2D eigenvalue weighted by Gasteiger charge is 2.20. The number of nitrogens with one attached hydrogen (secondary N) is 1. The minimum absolute atomic E-state index is 0.00516. The monoisotopic (exact) mass is 373 g/mol. The average Bonchev–Trinajstić information content (AvgIpc) is 2.62. The topological polar surface area (TPSA) is 50.9 Å². The normalized spacial score (nSPS) is 18.1. The Balaban J connectivity index is 2.29. The van der Waals surface area contributed by atoms with Crippen LogP contribution in [0, 0.1) is 0 Å². The van der Waals surface area contributed by atoms with Gasteiger partial charge in [-0.2, -0.15) is 0 Å². The number of halogens is 2. The molecule has 0 aromatic carbocycles. The summed E-state index contributed by atoms with van der Waals surface area (Å²) in [7, 11) is 0. The predicted octanol–water partition coefficient (Wildman–Crippen LogP) is 4.00. The Morgan fingerprint density at radius 1 is 1.28 bits per heavy atom. The molecule has 2 rings (SSSR count). The van der Waals surface area contributed by atoms with Gasteiger partial charge < -0.3 is 0 Å². The molecule has 1 aromatic heterocycles. The summed E-state index contributed by atoms with van der Waals surface area (Å²) < 4.78 is 1.94. The zero-order chi connectivity index (χ0) is 13.0. The summed E-state index contributed by atoms with van der Waals surface area (Å²) in [4.78, 5) is 4.48. The lowest BCUT2D eigenvalue weighted by Crippen LogP contribution is -2.30. The van der Waals surface area contributed by atoms with Gasteiger partial charge in [0.05, 0.1) is 11.7 Å². The Morgan fingerprint density at radius 2 is 2.11 bits per heavy atom. The van der Waals surface area contributed by atoms with Crippen LogP contribution in [0.15, 0.2) is 32.9 Å². The van der Waals surface area contributed by atoms with E-state index in [0.717, 1.165) is 27.5 Å². The zero-order valence-electron chi connectivity index (χ0n) is 10.1. The Labute approximate surface area is 124 Å². The third-order valence-electron chi connectivity index (χ3n) is 3.22. The fraction of sp³-hybridized carbons (Fsp3) is 0.462. The molecule has 98 valence electrons. The number of hydrogen-bond donors (Lipinski definition) is 2. The number of nitrogens with two attached hydrogens (primary N) is 1. The van der Waals surface area contributed by atoms with Gasteiger partial charge in [0, 0.05) is 15.1 Å². The van der Waals surface area contributed by atoms with Crippen LogP contribution >= 0.6 is 31.9 Å². The number of allylic oxidation sites excluding steroid dienone is 1. The predicted molar refractivity (Wildman–Crippen MR) is 80.9 cm³/mol. The minimum atomic E-state index is 0.00516. The van der Waals surface area contributed by atoms with Gasteiger partial charge in [-0.15, -0.1) is 0 Å². The van der Waals surface area contributed by atoms with E-state index in [2.05, 4.69) is 48.3 Å². The molecule has 1 aliphatic rings. The maximum Gasteiger partial charge on any atom is 0.0853 e.